The number of rotatable bonds is 5. The van der Waals surface area contributed by atoms with Crippen LogP contribution in [0.25, 0.3) is 16.4 Å². The van der Waals surface area contributed by atoms with Gasteiger partial charge in [0.05, 0.1) is 10.6 Å². The Balaban J connectivity index is 1.46. The molecule has 9 heteroatoms. The first-order valence-corrected chi connectivity index (χ1v) is 12.9. The Morgan fingerprint density at radius 2 is 1.85 bits per heavy atom. The molecule has 0 radical (unpaired) electrons. The lowest BCUT2D eigenvalue weighted by molar-refractivity contribution is -0.147. The number of hydrogen-bond acceptors (Lipinski definition) is 6. The Labute approximate surface area is 202 Å². The maximum absolute atomic E-state index is 13.0. The van der Waals surface area contributed by atoms with Gasteiger partial charge in [-0.3, -0.25) is 14.2 Å². The lowest BCUT2D eigenvalue weighted by Crippen LogP contribution is -2.57. The maximum atomic E-state index is 13.0. The van der Waals surface area contributed by atoms with Gasteiger partial charge in [0.1, 0.15) is 0 Å². The summed E-state index contributed by atoms with van der Waals surface area (Å²) in [6.45, 7) is 9.48. The molecule has 1 atom stereocenters. The molecule has 0 bridgehead atoms. The van der Waals surface area contributed by atoms with E-state index in [9.17, 15) is 9.59 Å². The van der Waals surface area contributed by atoms with E-state index in [1.165, 1.54) is 11.8 Å². The zero-order chi connectivity index (χ0) is 23.6. The van der Waals surface area contributed by atoms with E-state index in [1.807, 2.05) is 89.9 Å². The number of thioether (sulfide) groups is 1. The minimum atomic E-state index is -0.419. The van der Waals surface area contributed by atoms with Crippen molar-refractivity contribution < 1.29 is 9.59 Å². The van der Waals surface area contributed by atoms with Gasteiger partial charge in [0, 0.05) is 36.8 Å². The summed E-state index contributed by atoms with van der Waals surface area (Å²) in [6, 6.07) is 14.0. The fourth-order valence-electron chi connectivity index (χ4n) is 3.87. The van der Waals surface area contributed by atoms with Crippen molar-refractivity contribution in [3.8, 4) is 16.4 Å². The number of hydrogen-bond donors (Lipinski definition) is 0. The number of aromatic nitrogens is 3. The third kappa shape index (κ3) is 5.14. The smallest absolute Gasteiger partial charge is 0.233 e. The van der Waals surface area contributed by atoms with E-state index >= 15 is 0 Å². The first kappa shape index (κ1) is 23.5. The van der Waals surface area contributed by atoms with E-state index in [1.54, 1.807) is 11.3 Å². The van der Waals surface area contributed by atoms with Crippen LogP contribution in [0.1, 0.15) is 27.7 Å². The zero-order valence-electron chi connectivity index (χ0n) is 19.4. The number of piperazine rings is 1. The molecule has 1 aliphatic rings. The van der Waals surface area contributed by atoms with E-state index in [0.717, 1.165) is 16.4 Å². The second kappa shape index (κ2) is 9.69. The maximum Gasteiger partial charge on any atom is 0.233 e. The van der Waals surface area contributed by atoms with Gasteiger partial charge in [-0.1, -0.05) is 56.8 Å². The standard InChI is InChI=1S/C24H29N5O2S2/c1-17-15-27(12-13-28(17)22(31)24(2,3)4)20(30)16-33-23-26-25-21(19-11-8-14-32-19)29(23)18-9-6-5-7-10-18/h5-11,14,17H,12-13,15-16H2,1-4H3. The quantitative estimate of drug-likeness (QED) is 0.509. The Kier molecular flexibility index (Phi) is 6.90. The lowest BCUT2D eigenvalue weighted by atomic mass is 9.93. The number of carbonyl (C=O) groups is 2. The van der Waals surface area contributed by atoms with Crippen molar-refractivity contribution in [2.45, 2.75) is 38.9 Å². The lowest BCUT2D eigenvalue weighted by Gasteiger charge is -2.42. The summed E-state index contributed by atoms with van der Waals surface area (Å²) in [5, 5.41) is 11.5. The molecule has 2 aromatic heterocycles. The topological polar surface area (TPSA) is 71.3 Å². The predicted octanol–water partition coefficient (Wildman–Crippen LogP) is 4.19. The van der Waals surface area contributed by atoms with Gasteiger partial charge < -0.3 is 9.80 Å². The summed E-state index contributed by atoms with van der Waals surface area (Å²) in [6.07, 6.45) is 0. The summed E-state index contributed by atoms with van der Waals surface area (Å²) >= 11 is 3.01. The van der Waals surface area contributed by atoms with Crippen LogP contribution >= 0.6 is 23.1 Å². The second-order valence-corrected chi connectivity index (χ2v) is 11.1. The van der Waals surface area contributed by atoms with Gasteiger partial charge in [0.15, 0.2) is 11.0 Å². The van der Waals surface area contributed by atoms with Crippen molar-refractivity contribution in [1.29, 1.82) is 0 Å². The van der Waals surface area contributed by atoms with Crippen LogP contribution in [0.4, 0.5) is 0 Å². The van der Waals surface area contributed by atoms with Gasteiger partial charge in [-0.25, -0.2) is 0 Å². The molecule has 4 rings (SSSR count). The summed E-state index contributed by atoms with van der Waals surface area (Å²) in [7, 11) is 0. The second-order valence-electron chi connectivity index (χ2n) is 9.18. The van der Waals surface area contributed by atoms with E-state index in [4.69, 9.17) is 0 Å². The molecular formula is C24H29N5O2S2. The third-order valence-electron chi connectivity index (χ3n) is 5.60. The Hall–Kier alpha value is -2.65. The van der Waals surface area contributed by atoms with Crippen molar-refractivity contribution in [3.05, 3.63) is 47.8 Å². The first-order chi connectivity index (χ1) is 15.8. The predicted molar refractivity (Wildman–Crippen MR) is 133 cm³/mol. The highest BCUT2D eigenvalue weighted by molar-refractivity contribution is 7.99. The molecule has 0 aliphatic carbocycles. The Bertz CT molecular complexity index is 1110. The van der Waals surface area contributed by atoms with Crippen LogP contribution in [0.3, 0.4) is 0 Å². The van der Waals surface area contributed by atoms with Crippen LogP contribution in [-0.4, -0.2) is 67.8 Å². The summed E-state index contributed by atoms with van der Waals surface area (Å²) in [5.74, 6) is 1.23. The molecule has 1 aromatic carbocycles. The molecule has 1 unspecified atom stereocenters. The highest BCUT2D eigenvalue weighted by atomic mass is 32.2. The van der Waals surface area contributed by atoms with Crippen molar-refractivity contribution in [1.82, 2.24) is 24.6 Å². The van der Waals surface area contributed by atoms with Crippen LogP contribution in [-0.2, 0) is 9.59 Å². The minimum absolute atomic E-state index is 0.00201. The summed E-state index contributed by atoms with van der Waals surface area (Å²) in [5.41, 5.74) is 0.543. The van der Waals surface area contributed by atoms with Gasteiger partial charge in [-0.2, -0.15) is 0 Å². The van der Waals surface area contributed by atoms with Gasteiger partial charge >= 0.3 is 0 Å². The first-order valence-electron chi connectivity index (χ1n) is 11.0. The van der Waals surface area contributed by atoms with E-state index in [2.05, 4.69) is 10.2 Å². The van der Waals surface area contributed by atoms with Crippen LogP contribution in [0.15, 0.2) is 53.0 Å². The third-order valence-corrected chi connectivity index (χ3v) is 7.38. The number of nitrogens with zero attached hydrogens (tertiary/aromatic N) is 5. The number of carbonyl (C=O) groups excluding carboxylic acids is 2. The molecule has 174 valence electrons. The number of thiophene rings is 1. The summed E-state index contributed by atoms with van der Waals surface area (Å²) < 4.78 is 2.01. The van der Waals surface area contributed by atoms with E-state index < -0.39 is 5.41 Å². The van der Waals surface area contributed by atoms with Crippen LogP contribution in [0, 0.1) is 5.41 Å². The molecule has 3 heterocycles. The highest BCUT2D eigenvalue weighted by Crippen LogP contribution is 2.30. The number of amides is 2. The molecular weight excluding hydrogens is 454 g/mol. The molecule has 1 aliphatic heterocycles. The number of benzene rings is 1. The molecule has 0 spiro atoms. The van der Waals surface area contributed by atoms with Crippen LogP contribution < -0.4 is 0 Å². The molecule has 1 fully saturated rings. The largest absolute Gasteiger partial charge is 0.338 e. The Morgan fingerprint density at radius 3 is 2.48 bits per heavy atom. The minimum Gasteiger partial charge on any atom is -0.338 e. The monoisotopic (exact) mass is 483 g/mol. The molecule has 0 N–H and O–H groups in total. The molecule has 2 amide bonds. The normalized spacial score (nSPS) is 16.8. The van der Waals surface area contributed by atoms with Crippen molar-refractivity contribution in [2.24, 2.45) is 5.41 Å². The van der Waals surface area contributed by atoms with Crippen molar-refractivity contribution >= 4 is 34.9 Å². The fraction of sp³-hybridized carbons (Fsp3) is 0.417. The molecule has 0 saturated carbocycles. The molecule has 1 saturated heterocycles. The van der Waals surface area contributed by atoms with Gasteiger partial charge in [0.25, 0.3) is 0 Å². The average Bonchev–Trinajstić information content (AvgIpc) is 3.46. The fourth-order valence-corrected chi connectivity index (χ4v) is 5.43. The van der Waals surface area contributed by atoms with Crippen LogP contribution in [0.2, 0.25) is 0 Å². The van der Waals surface area contributed by atoms with Gasteiger partial charge in [0.2, 0.25) is 11.8 Å². The molecule has 33 heavy (non-hydrogen) atoms. The van der Waals surface area contributed by atoms with Crippen molar-refractivity contribution in [3.63, 3.8) is 0 Å². The van der Waals surface area contributed by atoms with E-state index in [0.29, 0.717) is 24.8 Å². The van der Waals surface area contributed by atoms with Gasteiger partial charge in [-0.05, 0) is 30.5 Å². The van der Waals surface area contributed by atoms with Crippen LogP contribution in [0.5, 0.6) is 0 Å². The average molecular weight is 484 g/mol. The molecule has 7 nitrogen and oxygen atoms in total. The SMILES string of the molecule is CC1CN(C(=O)CSc2nnc(-c3cccs3)n2-c2ccccc2)CCN1C(=O)C(C)(C)C. The zero-order valence-corrected chi connectivity index (χ0v) is 21.0. The summed E-state index contributed by atoms with van der Waals surface area (Å²) in [4.78, 5) is 30.5. The molecule has 3 aromatic rings. The van der Waals surface area contributed by atoms with Crippen molar-refractivity contribution in [2.75, 3.05) is 25.4 Å². The number of para-hydroxylation sites is 1. The Morgan fingerprint density at radius 1 is 1.09 bits per heavy atom. The van der Waals surface area contributed by atoms with Gasteiger partial charge in [-0.15, -0.1) is 21.5 Å². The highest BCUT2D eigenvalue weighted by Gasteiger charge is 2.35. The van der Waals surface area contributed by atoms with E-state index in [-0.39, 0.29) is 23.6 Å².